The number of benzene rings is 2. The maximum absolute atomic E-state index is 13.4. The van der Waals surface area contributed by atoms with Crippen molar-refractivity contribution in [2.75, 3.05) is 64.6 Å². The van der Waals surface area contributed by atoms with Gasteiger partial charge in [-0.2, -0.15) is 18.4 Å². The number of alkyl halides is 3. The molecule has 17 heteroatoms. The lowest BCUT2D eigenvalue weighted by Crippen LogP contribution is -2.54. The van der Waals surface area contributed by atoms with E-state index in [0.717, 1.165) is 36.3 Å². The van der Waals surface area contributed by atoms with E-state index in [0.29, 0.717) is 65.0 Å². The first-order valence-corrected chi connectivity index (χ1v) is 18.1. The van der Waals surface area contributed by atoms with Crippen molar-refractivity contribution < 1.29 is 56.1 Å². The van der Waals surface area contributed by atoms with Gasteiger partial charge in [0.15, 0.2) is 6.10 Å². The zero-order chi connectivity index (χ0) is 39.8. The summed E-state index contributed by atoms with van der Waals surface area (Å²) in [5, 5.41) is 14.3. The van der Waals surface area contributed by atoms with Gasteiger partial charge < -0.3 is 29.2 Å². The number of piperidine rings is 1. The number of likely N-dealkylation sites (tertiary alicyclic amines) is 1. The lowest BCUT2D eigenvalue weighted by molar-refractivity contribution is -0.138. The number of imide groups is 2. The van der Waals surface area contributed by atoms with Crippen molar-refractivity contribution in [3.05, 3.63) is 58.7 Å². The predicted octanol–water partition coefficient (Wildman–Crippen LogP) is 3.93. The maximum atomic E-state index is 13.4. The highest BCUT2D eigenvalue weighted by atomic mass is 19.4. The normalized spacial score (nSPS) is 19.5. The fourth-order valence-electron chi connectivity index (χ4n) is 6.76. The molecule has 0 aliphatic carbocycles. The molecule has 5 rings (SSSR count). The first kappa shape index (κ1) is 41.1. The molecule has 2 fully saturated rings. The van der Waals surface area contributed by atoms with Gasteiger partial charge in [-0.3, -0.25) is 34.2 Å². The highest BCUT2D eigenvalue weighted by Crippen LogP contribution is 2.38. The Kier molecular flexibility index (Phi) is 13.5. The summed E-state index contributed by atoms with van der Waals surface area (Å²) in [6.07, 6.45) is -3.26. The van der Waals surface area contributed by atoms with Gasteiger partial charge in [0.1, 0.15) is 11.8 Å². The van der Waals surface area contributed by atoms with Crippen LogP contribution in [0.25, 0.3) is 0 Å². The number of hydrogen-bond acceptors (Lipinski definition) is 11. The molecular weight excluding hydrogens is 727 g/mol. The van der Waals surface area contributed by atoms with Crippen molar-refractivity contribution in [3.8, 4) is 11.8 Å². The maximum Gasteiger partial charge on any atom is 0.417 e. The molecule has 5 amide bonds. The molecule has 0 spiro atoms. The zero-order valence-corrected chi connectivity index (χ0v) is 30.7. The summed E-state index contributed by atoms with van der Waals surface area (Å²) in [5.41, 5.74) is -1.42. The molecule has 3 aliphatic heterocycles. The standard InChI is InChI=1S/C38H44F3N5O9/c1-37(2)23-45(36(51)32(37)55-25-10-9-24(22-42)27(21-25)38(39,40)41)14-4-3-5-15-52-17-19-54-20-18-53-16-13-43-28-8-6-7-26-31(28)35(50)46(34(26)49)29-11-12-30(47)44-33(29)48/h6-10,21,29,32,43H,3-5,11-20,23H2,1-2H3,(H,44,47,48). The Morgan fingerprint density at radius 1 is 0.927 bits per heavy atom. The largest absolute Gasteiger partial charge is 0.480 e. The molecule has 2 saturated heterocycles. The second-order valence-corrected chi connectivity index (χ2v) is 14.1. The van der Waals surface area contributed by atoms with Gasteiger partial charge in [0.2, 0.25) is 11.8 Å². The molecule has 2 aromatic carbocycles. The monoisotopic (exact) mass is 771 g/mol. The Hall–Kier alpha value is -5.05. The molecule has 2 aromatic rings. The number of unbranched alkanes of at least 4 members (excludes halogenated alkanes) is 2. The molecule has 55 heavy (non-hydrogen) atoms. The molecule has 296 valence electrons. The van der Waals surface area contributed by atoms with E-state index in [9.17, 15) is 37.1 Å². The number of amides is 5. The van der Waals surface area contributed by atoms with Gasteiger partial charge in [-0.15, -0.1) is 0 Å². The average Bonchev–Trinajstić information content (AvgIpc) is 3.52. The van der Waals surface area contributed by atoms with Crippen LogP contribution < -0.4 is 15.4 Å². The van der Waals surface area contributed by atoms with Gasteiger partial charge >= 0.3 is 6.18 Å². The topological polar surface area (TPSA) is 177 Å². The lowest BCUT2D eigenvalue weighted by atomic mass is 9.89. The van der Waals surface area contributed by atoms with Crippen LogP contribution in [0.4, 0.5) is 18.9 Å². The average molecular weight is 772 g/mol. The Labute approximate surface area is 316 Å². The molecule has 2 atom stereocenters. The van der Waals surface area contributed by atoms with Crippen molar-refractivity contribution in [1.29, 1.82) is 5.26 Å². The molecule has 0 bridgehead atoms. The fourth-order valence-corrected chi connectivity index (χ4v) is 6.76. The number of halogens is 3. The molecule has 14 nitrogen and oxygen atoms in total. The van der Waals surface area contributed by atoms with E-state index >= 15 is 0 Å². The number of carbonyl (C=O) groups excluding carboxylic acids is 5. The third-order valence-corrected chi connectivity index (χ3v) is 9.51. The summed E-state index contributed by atoms with van der Waals surface area (Å²) in [7, 11) is 0. The van der Waals surface area contributed by atoms with Gasteiger partial charge in [0, 0.05) is 43.8 Å². The van der Waals surface area contributed by atoms with E-state index in [1.54, 1.807) is 17.0 Å². The van der Waals surface area contributed by atoms with Crippen LogP contribution in [0.3, 0.4) is 0 Å². The number of nitrogens with one attached hydrogen (secondary N) is 2. The van der Waals surface area contributed by atoms with Crippen molar-refractivity contribution in [3.63, 3.8) is 0 Å². The van der Waals surface area contributed by atoms with E-state index in [2.05, 4.69) is 10.6 Å². The van der Waals surface area contributed by atoms with E-state index in [1.165, 1.54) is 18.2 Å². The Balaban J connectivity index is 0.897. The minimum Gasteiger partial charge on any atom is -0.480 e. The molecule has 2 N–H and O–H groups in total. The molecule has 0 radical (unpaired) electrons. The van der Waals surface area contributed by atoms with Crippen molar-refractivity contribution >= 4 is 35.2 Å². The number of nitrogens with zero attached hydrogens (tertiary/aromatic N) is 3. The van der Waals surface area contributed by atoms with Crippen molar-refractivity contribution in [2.45, 2.75) is 64.3 Å². The van der Waals surface area contributed by atoms with E-state index < -0.39 is 58.5 Å². The smallest absolute Gasteiger partial charge is 0.417 e. The minimum atomic E-state index is -4.73. The molecule has 0 saturated carbocycles. The lowest BCUT2D eigenvalue weighted by Gasteiger charge is -2.27. The van der Waals surface area contributed by atoms with Crippen LogP contribution in [-0.2, 0) is 34.8 Å². The van der Waals surface area contributed by atoms with Gasteiger partial charge in [-0.1, -0.05) is 19.9 Å². The number of ether oxygens (including phenoxy) is 4. The summed E-state index contributed by atoms with van der Waals surface area (Å²) in [4.78, 5) is 65.7. The molecule has 3 heterocycles. The van der Waals surface area contributed by atoms with Crippen LogP contribution in [-0.4, -0.2) is 111 Å². The van der Waals surface area contributed by atoms with Crippen LogP contribution in [0, 0.1) is 16.7 Å². The van der Waals surface area contributed by atoms with Gasteiger partial charge in [0.05, 0.1) is 61.4 Å². The molecule has 0 aromatic heterocycles. The van der Waals surface area contributed by atoms with Crippen LogP contribution in [0.2, 0.25) is 0 Å². The molecular formula is C38H44F3N5O9. The second kappa shape index (κ2) is 18.1. The van der Waals surface area contributed by atoms with Crippen LogP contribution in [0.5, 0.6) is 5.75 Å². The Morgan fingerprint density at radius 2 is 1.64 bits per heavy atom. The Bertz CT molecular complexity index is 1810. The third kappa shape index (κ3) is 9.99. The van der Waals surface area contributed by atoms with Gasteiger partial charge in [0.25, 0.3) is 17.7 Å². The second-order valence-electron chi connectivity index (χ2n) is 14.1. The summed E-state index contributed by atoms with van der Waals surface area (Å²) in [6, 6.07) is 8.43. The van der Waals surface area contributed by atoms with Crippen LogP contribution >= 0.6 is 0 Å². The third-order valence-electron chi connectivity index (χ3n) is 9.51. The summed E-state index contributed by atoms with van der Waals surface area (Å²) >= 11 is 0. The van der Waals surface area contributed by atoms with Crippen molar-refractivity contribution in [2.24, 2.45) is 5.41 Å². The first-order valence-electron chi connectivity index (χ1n) is 18.1. The first-order chi connectivity index (χ1) is 26.2. The minimum absolute atomic E-state index is 0.0446. The quantitative estimate of drug-likeness (QED) is 0.156. The molecule has 3 aliphatic rings. The number of rotatable bonds is 19. The zero-order valence-electron chi connectivity index (χ0n) is 30.7. The number of hydrogen-bond donors (Lipinski definition) is 2. The summed E-state index contributed by atoms with van der Waals surface area (Å²) in [5.74, 6) is -2.66. The van der Waals surface area contributed by atoms with E-state index in [-0.39, 0.29) is 35.6 Å². The number of nitriles is 1. The fraction of sp³-hybridized carbons (Fsp3) is 0.526. The Morgan fingerprint density at radius 3 is 2.33 bits per heavy atom. The van der Waals surface area contributed by atoms with Gasteiger partial charge in [-0.05, 0) is 56.0 Å². The van der Waals surface area contributed by atoms with E-state index in [4.69, 9.17) is 24.2 Å². The number of carbonyl (C=O) groups is 5. The summed E-state index contributed by atoms with van der Waals surface area (Å²) < 4.78 is 62.7. The van der Waals surface area contributed by atoms with Crippen molar-refractivity contribution in [1.82, 2.24) is 15.1 Å². The highest BCUT2D eigenvalue weighted by molar-refractivity contribution is 6.25. The molecule has 2 unspecified atom stereocenters. The SMILES string of the molecule is CC1(C)CN(CCCCCOCCOCCOCCNc2cccc3c2C(=O)N(C2CCC(=O)NC2=O)C3=O)C(=O)C1Oc1ccc(C#N)c(C(F)(F)F)c1. The van der Waals surface area contributed by atoms with Gasteiger partial charge in [-0.25, -0.2) is 0 Å². The predicted molar refractivity (Wildman–Crippen MR) is 189 cm³/mol. The number of fused-ring (bicyclic) bond motifs is 1. The summed E-state index contributed by atoms with van der Waals surface area (Å²) in [6.45, 7) is 7.15. The van der Waals surface area contributed by atoms with E-state index in [1.807, 2.05) is 13.8 Å². The van der Waals surface area contributed by atoms with Crippen LogP contribution in [0.15, 0.2) is 36.4 Å². The van der Waals surface area contributed by atoms with Crippen LogP contribution in [0.1, 0.15) is 77.8 Å². The number of anilines is 1. The highest BCUT2D eigenvalue weighted by Gasteiger charge is 2.48.